The first-order valence-corrected chi connectivity index (χ1v) is 13.9. The number of nitrogens with two attached hydrogens (primary N) is 1. The number of likely N-dealkylation sites (N-methyl/N-ethyl adjacent to an activating group) is 1. The Labute approximate surface area is 238 Å². The molecule has 218 valence electrons. The summed E-state index contributed by atoms with van der Waals surface area (Å²) in [7, 11) is 3.12. The third kappa shape index (κ3) is 4.32. The maximum atomic E-state index is 13.9. The van der Waals surface area contributed by atoms with Crippen LogP contribution in [0, 0.1) is 17.8 Å². The van der Waals surface area contributed by atoms with E-state index in [9.17, 15) is 34.8 Å². The van der Waals surface area contributed by atoms with Crippen LogP contribution >= 0.6 is 11.6 Å². The van der Waals surface area contributed by atoms with Crippen molar-refractivity contribution in [3.8, 4) is 5.75 Å². The lowest BCUT2D eigenvalue weighted by Gasteiger charge is -2.50. The predicted molar refractivity (Wildman–Crippen MR) is 150 cm³/mol. The fraction of sp³-hybridized carbons (Fsp3) is 0.552. The van der Waals surface area contributed by atoms with Gasteiger partial charge in [-0.3, -0.25) is 24.2 Å². The fourth-order valence-electron chi connectivity index (χ4n) is 6.65. The molecule has 3 aliphatic rings. The highest BCUT2D eigenvalue weighted by molar-refractivity contribution is 6.32. The Hall–Kier alpha value is -2.92. The van der Waals surface area contributed by atoms with E-state index in [-0.39, 0.29) is 35.8 Å². The number of amides is 1. The van der Waals surface area contributed by atoms with Gasteiger partial charge in [0.15, 0.2) is 11.4 Å². The van der Waals surface area contributed by atoms with Crippen molar-refractivity contribution in [1.29, 1.82) is 0 Å². The Bertz CT molecular complexity index is 1350. The number of hydrogen-bond donors (Lipinski definition) is 5. The van der Waals surface area contributed by atoms with Gasteiger partial charge in [-0.05, 0) is 69.4 Å². The summed E-state index contributed by atoms with van der Waals surface area (Å²) in [5, 5.41) is 45.4. The summed E-state index contributed by atoms with van der Waals surface area (Å²) in [6.07, 6.45) is 0.166. The van der Waals surface area contributed by atoms with E-state index >= 15 is 0 Å². The number of benzene rings is 1. The minimum atomic E-state index is -2.67. The lowest BCUT2D eigenvalue weighted by molar-refractivity contribution is -0.153. The van der Waals surface area contributed by atoms with Crippen molar-refractivity contribution in [3.63, 3.8) is 0 Å². The third-order valence-electron chi connectivity index (χ3n) is 9.05. The number of rotatable bonds is 7. The predicted octanol–water partition coefficient (Wildman–Crippen LogP) is 2.48. The average Bonchev–Trinajstić information content (AvgIpc) is 2.86. The van der Waals surface area contributed by atoms with Gasteiger partial charge in [-0.1, -0.05) is 32.4 Å². The molecule has 1 saturated carbocycles. The van der Waals surface area contributed by atoms with Crippen LogP contribution in [0.1, 0.15) is 50.8 Å². The molecule has 11 heteroatoms. The minimum Gasteiger partial charge on any atom is -0.508 e. The van der Waals surface area contributed by atoms with Crippen molar-refractivity contribution in [2.75, 3.05) is 20.6 Å². The minimum absolute atomic E-state index is 0.00926. The number of aromatic hydroxyl groups is 1. The average molecular weight is 576 g/mol. The molecule has 1 aromatic carbocycles. The van der Waals surface area contributed by atoms with Crippen LogP contribution in [0.15, 0.2) is 23.0 Å². The van der Waals surface area contributed by atoms with Crippen LogP contribution in [0.4, 0.5) is 0 Å². The van der Waals surface area contributed by atoms with Crippen LogP contribution in [-0.2, 0) is 27.3 Å². The van der Waals surface area contributed by atoms with Crippen LogP contribution in [-0.4, -0.2) is 86.0 Å². The fourth-order valence-corrected chi connectivity index (χ4v) is 6.93. The molecule has 1 aromatic rings. The molecule has 0 aliphatic heterocycles. The zero-order valence-electron chi connectivity index (χ0n) is 23.7. The molecule has 0 spiro atoms. The lowest BCUT2D eigenvalue weighted by Crippen LogP contribution is -2.65. The van der Waals surface area contributed by atoms with E-state index < -0.39 is 58.0 Å². The zero-order chi connectivity index (χ0) is 30.0. The Kier molecular flexibility index (Phi) is 7.87. The van der Waals surface area contributed by atoms with Gasteiger partial charge in [-0.2, -0.15) is 0 Å². The van der Waals surface area contributed by atoms with Gasteiger partial charge in [0.2, 0.25) is 5.78 Å². The first-order chi connectivity index (χ1) is 18.6. The number of primary amides is 1. The number of phenols is 1. The van der Waals surface area contributed by atoms with Crippen molar-refractivity contribution >= 4 is 34.8 Å². The second kappa shape index (κ2) is 10.5. The van der Waals surface area contributed by atoms with Gasteiger partial charge in [0.05, 0.1) is 11.6 Å². The molecule has 0 aromatic heterocycles. The lowest BCUT2D eigenvalue weighted by atomic mass is 9.57. The first kappa shape index (κ1) is 30.0. The second-order valence-corrected chi connectivity index (χ2v) is 12.1. The number of carbonyl (C=O) groups excluding carboxylic acids is 3. The summed E-state index contributed by atoms with van der Waals surface area (Å²) in [4.78, 5) is 42.9. The van der Waals surface area contributed by atoms with Gasteiger partial charge in [0, 0.05) is 29.1 Å². The first-order valence-electron chi connectivity index (χ1n) is 13.5. The van der Waals surface area contributed by atoms with E-state index in [0.29, 0.717) is 28.6 Å². The van der Waals surface area contributed by atoms with E-state index in [1.807, 2.05) is 6.92 Å². The molecule has 0 bridgehead atoms. The van der Waals surface area contributed by atoms with E-state index in [1.54, 1.807) is 14.1 Å². The van der Waals surface area contributed by atoms with Crippen molar-refractivity contribution in [1.82, 2.24) is 9.80 Å². The molecule has 0 heterocycles. The Morgan fingerprint density at radius 2 is 1.82 bits per heavy atom. The Balaban J connectivity index is 1.87. The highest BCUT2D eigenvalue weighted by atomic mass is 35.5. The maximum Gasteiger partial charge on any atom is 0.255 e. The number of ketones is 2. The topological polar surface area (TPSA) is 165 Å². The number of hydrogen-bond acceptors (Lipinski definition) is 9. The van der Waals surface area contributed by atoms with Crippen LogP contribution in [0.2, 0.25) is 5.02 Å². The molecule has 1 amide bonds. The summed E-state index contributed by atoms with van der Waals surface area (Å²) in [6, 6.07) is 0.580. The second-order valence-electron chi connectivity index (χ2n) is 11.7. The molecule has 0 saturated heterocycles. The van der Waals surface area contributed by atoms with Crippen LogP contribution in [0.3, 0.4) is 0 Å². The normalized spacial score (nSPS) is 27.3. The van der Waals surface area contributed by atoms with E-state index in [1.165, 1.54) is 11.0 Å². The number of aliphatic hydroxyl groups excluding tert-OH is 2. The highest BCUT2D eigenvalue weighted by Gasteiger charge is 2.64. The standard InChI is InChI=1S/C29H38ClN3O7/c1-7-33(13(4)12(2)3)11-15-10-18(34)20-16(22(15)30)8-14-9-17-23(32(5)6)25(36)21(28(31)39)27(38)29(17,40)26(37)19(14)24(20)35/h10,12-14,17,23,34-35,38,40H,7-9,11H2,1-6H3,(H2,31,39)/t13-,14-,17-,23-,29-/m0/s1. The van der Waals surface area contributed by atoms with Gasteiger partial charge < -0.3 is 26.2 Å². The molecule has 0 unspecified atom stereocenters. The van der Waals surface area contributed by atoms with Gasteiger partial charge in [-0.25, -0.2) is 0 Å². The highest BCUT2D eigenvalue weighted by Crippen LogP contribution is 2.53. The van der Waals surface area contributed by atoms with Crippen molar-refractivity contribution in [2.45, 2.75) is 64.8 Å². The number of halogens is 1. The molecule has 10 nitrogen and oxygen atoms in total. The molecular weight excluding hydrogens is 538 g/mol. The quantitative estimate of drug-likeness (QED) is 0.307. The summed E-state index contributed by atoms with van der Waals surface area (Å²) in [5.41, 5.74) is 2.78. The molecule has 5 atom stereocenters. The number of phenolic OH excluding ortho intramolecular Hbond substituents is 1. The number of nitrogens with zero attached hydrogens (tertiary/aromatic N) is 2. The molecule has 0 radical (unpaired) electrons. The van der Waals surface area contributed by atoms with Crippen LogP contribution in [0.5, 0.6) is 5.75 Å². The number of aliphatic hydroxyl groups is 3. The Morgan fingerprint density at radius 3 is 2.35 bits per heavy atom. The molecule has 6 N–H and O–H groups in total. The third-order valence-corrected chi connectivity index (χ3v) is 9.52. The summed E-state index contributed by atoms with van der Waals surface area (Å²) in [6.45, 7) is 9.63. The van der Waals surface area contributed by atoms with Crippen LogP contribution < -0.4 is 5.73 Å². The van der Waals surface area contributed by atoms with E-state index in [4.69, 9.17) is 17.3 Å². The maximum absolute atomic E-state index is 13.9. The zero-order valence-corrected chi connectivity index (χ0v) is 24.4. The summed E-state index contributed by atoms with van der Waals surface area (Å²) in [5.74, 6) is -6.46. The largest absolute Gasteiger partial charge is 0.508 e. The molecule has 40 heavy (non-hydrogen) atoms. The number of carbonyl (C=O) groups is 3. The molecule has 1 fully saturated rings. The van der Waals surface area contributed by atoms with Gasteiger partial charge >= 0.3 is 0 Å². The van der Waals surface area contributed by atoms with Gasteiger partial charge in [0.1, 0.15) is 22.8 Å². The Morgan fingerprint density at radius 1 is 1.20 bits per heavy atom. The van der Waals surface area contributed by atoms with Crippen molar-refractivity contribution in [2.24, 2.45) is 23.5 Å². The molecular formula is C29H38ClN3O7. The summed E-state index contributed by atoms with van der Waals surface area (Å²) < 4.78 is 0. The molecule has 4 rings (SSSR count). The van der Waals surface area contributed by atoms with Crippen LogP contribution in [0.25, 0.3) is 5.76 Å². The SMILES string of the molecule is CCN(Cc1cc(O)c2c(c1Cl)C[C@H]1C[C@H]3[C@H](N(C)C)C(=O)C(C(N)=O)=C(O)[C@@]3(O)C(=O)C1=C2O)[C@@H](C)C(C)C. The van der Waals surface area contributed by atoms with Crippen molar-refractivity contribution < 1.29 is 34.8 Å². The van der Waals surface area contributed by atoms with Gasteiger partial charge in [-0.15, -0.1) is 0 Å². The smallest absolute Gasteiger partial charge is 0.255 e. The van der Waals surface area contributed by atoms with E-state index in [0.717, 1.165) is 6.54 Å². The summed E-state index contributed by atoms with van der Waals surface area (Å²) >= 11 is 6.89. The number of Topliss-reactive ketones (excluding diaryl/α,β-unsaturated/α-hetero) is 2. The number of fused-ring (bicyclic) bond motifs is 3. The van der Waals surface area contributed by atoms with Crippen molar-refractivity contribution in [3.05, 3.63) is 44.7 Å². The monoisotopic (exact) mass is 575 g/mol. The van der Waals surface area contributed by atoms with Gasteiger partial charge in [0.25, 0.3) is 5.91 Å². The molecule has 3 aliphatic carbocycles. The van der Waals surface area contributed by atoms with E-state index in [2.05, 4.69) is 25.7 Å².